The lowest BCUT2D eigenvalue weighted by atomic mass is 9.84. The third-order valence-corrected chi connectivity index (χ3v) is 4.47. The molecule has 2 rings (SSSR count). The highest BCUT2D eigenvalue weighted by Crippen LogP contribution is 2.22. The molecule has 20 heavy (non-hydrogen) atoms. The van der Waals surface area contributed by atoms with E-state index in [1.54, 1.807) is 6.20 Å². The fraction of sp³-hybridized carbons (Fsp3) is 0.375. The summed E-state index contributed by atoms with van der Waals surface area (Å²) in [4.78, 5) is 17.0. The third kappa shape index (κ3) is 3.45. The van der Waals surface area contributed by atoms with Gasteiger partial charge in [0.25, 0.3) is 5.91 Å². The predicted molar refractivity (Wildman–Crippen MR) is 83.3 cm³/mol. The number of aromatic nitrogens is 1. The lowest BCUT2D eigenvalue weighted by Gasteiger charge is -2.25. The molecule has 4 heteroatoms. The fourth-order valence-corrected chi connectivity index (χ4v) is 2.73. The standard InChI is InChI=1S/C16H20N2OS/c1-4-14-17-10-13(20-14)15(19)18-11-16(2,3)12-8-6-5-7-9-12/h5-10H,4,11H2,1-3H3,(H,18,19). The van der Waals surface area contributed by atoms with E-state index in [9.17, 15) is 4.79 Å². The summed E-state index contributed by atoms with van der Waals surface area (Å²) in [6.45, 7) is 6.91. The number of carbonyl (C=O) groups excluding carboxylic acids is 1. The van der Waals surface area contributed by atoms with Crippen molar-refractivity contribution in [1.82, 2.24) is 10.3 Å². The molecule has 3 nitrogen and oxygen atoms in total. The Balaban J connectivity index is 1.99. The van der Waals surface area contributed by atoms with Crippen molar-refractivity contribution in [3.8, 4) is 0 Å². The Morgan fingerprint density at radius 3 is 2.60 bits per heavy atom. The number of benzene rings is 1. The molecular formula is C16H20N2OS. The molecule has 0 saturated carbocycles. The average Bonchev–Trinajstić information content (AvgIpc) is 2.95. The van der Waals surface area contributed by atoms with E-state index in [1.807, 2.05) is 25.1 Å². The van der Waals surface area contributed by atoms with Crippen LogP contribution < -0.4 is 5.32 Å². The molecule has 0 atom stereocenters. The summed E-state index contributed by atoms with van der Waals surface area (Å²) >= 11 is 1.46. The summed E-state index contributed by atoms with van der Waals surface area (Å²) in [5.74, 6) is -0.0359. The number of aryl methyl sites for hydroxylation is 1. The zero-order valence-corrected chi connectivity index (χ0v) is 13.0. The number of amides is 1. The second kappa shape index (κ2) is 6.18. The quantitative estimate of drug-likeness (QED) is 0.916. The van der Waals surface area contributed by atoms with Gasteiger partial charge in [-0.3, -0.25) is 4.79 Å². The van der Waals surface area contributed by atoms with Gasteiger partial charge in [0, 0.05) is 12.0 Å². The van der Waals surface area contributed by atoms with Crippen molar-refractivity contribution in [3.63, 3.8) is 0 Å². The summed E-state index contributed by atoms with van der Waals surface area (Å²) in [5.41, 5.74) is 1.13. The van der Waals surface area contributed by atoms with Crippen LogP contribution in [0.15, 0.2) is 36.5 Å². The lowest BCUT2D eigenvalue weighted by Crippen LogP contribution is -2.36. The molecule has 1 N–H and O–H groups in total. The number of rotatable bonds is 5. The van der Waals surface area contributed by atoms with Gasteiger partial charge in [-0.1, -0.05) is 51.1 Å². The fourth-order valence-electron chi connectivity index (χ4n) is 1.96. The van der Waals surface area contributed by atoms with Crippen LogP contribution in [0.5, 0.6) is 0 Å². The van der Waals surface area contributed by atoms with Crippen molar-refractivity contribution in [2.24, 2.45) is 0 Å². The van der Waals surface area contributed by atoms with Crippen LogP contribution in [0.2, 0.25) is 0 Å². The Hall–Kier alpha value is -1.68. The first-order valence-electron chi connectivity index (χ1n) is 6.81. The highest BCUT2D eigenvalue weighted by atomic mass is 32.1. The van der Waals surface area contributed by atoms with Crippen molar-refractivity contribution >= 4 is 17.2 Å². The molecule has 1 heterocycles. The molecular weight excluding hydrogens is 268 g/mol. The van der Waals surface area contributed by atoms with E-state index >= 15 is 0 Å². The first-order chi connectivity index (χ1) is 9.53. The molecule has 0 unspecified atom stereocenters. The maximum atomic E-state index is 12.1. The summed E-state index contributed by atoms with van der Waals surface area (Å²) < 4.78 is 0. The largest absolute Gasteiger partial charge is 0.350 e. The van der Waals surface area contributed by atoms with E-state index in [-0.39, 0.29) is 11.3 Å². The minimum Gasteiger partial charge on any atom is -0.350 e. The number of hydrogen-bond donors (Lipinski definition) is 1. The molecule has 0 bridgehead atoms. The number of nitrogens with one attached hydrogen (secondary N) is 1. The SMILES string of the molecule is CCc1ncc(C(=O)NCC(C)(C)c2ccccc2)s1. The molecule has 0 spiro atoms. The molecule has 1 aromatic heterocycles. The Morgan fingerprint density at radius 2 is 2.00 bits per heavy atom. The van der Waals surface area contributed by atoms with Crippen LogP contribution in [0.3, 0.4) is 0 Å². The molecule has 0 radical (unpaired) electrons. The average molecular weight is 288 g/mol. The van der Waals surface area contributed by atoms with Gasteiger partial charge in [-0.05, 0) is 12.0 Å². The first kappa shape index (κ1) is 14.7. The molecule has 1 aromatic carbocycles. The summed E-state index contributed by atoms with van der Waals surface area (Å²) in [6.07, 6.45) is 2.53. The van der Waals surface area contributed by atoms with Crippen LogP contribution in [-0.2, 0) is 11.8 Å². The second-order valence-corrected chi connectivity index (χ2v) is 6.52. The van der Waals surface area contributed by atoms with Crippen LogP contribution in [0.1, 0.15) is 41.0 Å². The summed E-state index contributed by atoms with van der Waals surface area (Å²) in [5, 5.41) is 4.00. The van der Waals surface area contributed by atoms with E-state index in [0.29, 0.717) is 11.4 Å². The Labute approximate surface area is 124 Å². The van der Waals surface area contributed by atoms with E-state index in [0.717, 1.165) is 11.4 Å². The van der Waals surface area contributed by atoms with E-state index < -0.39 is 0 Å². The first-order valence-corrected chi connectivity index (χ1v) is 7.63. The van der Waals surface area contributed by atoms with Crippen LogP contribution in [0.25, 0.3) is 0 Å². The van der Waals surface area contributed by atoms with Crippen LogP contribution in [0.4, 0.5) is 0 Å². The maximum Gasteiger partial charge on any atom is 0.263 e. The minimum absolute atomic E-state index is 0.0359. The summed E-state index contributed by atoms with van der Waals surface area (Å²) in [6, 6.07) is 10.2. The van der Waals surface area contributed by atoms with Gasteiger partial charge in [-0.25, -0.2) is 4.98 Å². The summed E-state index contributed by atoms with van der Waals surface area (Å²) in [7, 11) is 0. The smallest absolute Gasteiger partial charge is 0.263 e. The van der Waals surface area contributed by atoms with Crippen molar-refractivity contribution in [2.45, 2.75) is 32.6 Å². The van der Waals surface area contributed by atoms with Crippen molar-refractivity contribution in [1.29, 1.82) is 0 Å². The van der Waals surface area contributed by atoms with E-state index in [1.165, 1.54) is 16.9 Å². The zero-order chi connectivity index (χ0) is 14.6. The van der Waals surface area contributed by atoms with Crippen LogP contribution >= 0.6 is 11.3 Å². The Kier molecular flexibility index (Phi) is 4.55. The van der Waals surface area contributed by atoms with Gasteiger partial charge < -0.3 is 5.32 Å². The van der Waals surface area contributed by atoms with Crippen LogP contribution in [-0.4, -0.2) is 17.4 Å². The van der Waals surface area contributed by atoms with Gasteiger partial charge >= 0.3 is 0 Å². The molecule has 0 aliphatic heterocycles. The Bertz CT molecular complexity index is 575. The van der Waals surface area contributed by atoms with Gasteiger partial charge in [0.2, 0.25) is 0 Å². The monoisotopic (exact) mass is 288 g/mol. The van der Waals surface area contributed by atoms with E-state index in [2.05, 4.69) is 36.3 Å². The molecule has 106 valence electrons. The van der Waals surface area contributed by atoms with Crippen molar-refractivity contribution in [2.75, 3.05) is 6.54 Å². The highest BCUT2D eigenvalue weighted by molar-refractivity contribution is 7.13. The second-order valence-electron chi connectivity index (χ2n) is 5.40. The molecule has 0 aliphatic carbocycles. The van der Waals surface area contributed by atoms with Gasteiger partial charge in [0.15, 0.2) is 0 Å². The van der Waals surface area contributed by atoms with Gasteiger partial charge in [-0.15, -0.1) is 11.3 Å². The predicted octanol–water partition coefficient (Wildman–Crippen LogP) is 3.41. The number of carbonyl (C=O) groups is 1. The van der Waals surface area contributed by atoms with Gasteiger partial charge in [0.05, 0.1) is 11.2 Å². The highest BCUT2D eigenvalue weighted by Gasteiger charge is 2.21. The molecule has 0 saturated heterocycles. The number of nitrogens with zero attached hydrogens (tertiary/aromatic N) is 1. The van der Waals surface area contributed by atoms with Gasteiger partial charge in [0.1, 0.15) is 4.88 Å². The van der Waals surface area contributed by atoms with Crippen molar-refractivity contribution in [3.05, 3.63) is 52.0 Å². The molecule has 1 amide bonds. The zero-order valence-electron chi connectivity index (χ0n) is 12.1. The number of hydrogen-bond acceptors (Lipinski definition) is 3. The topological polar surface area (TPSA) is 42.0 Å². The Morgan fingerprint density at radius 1 is 1.30 bits per heavy atom. The normalized spacial score (nSPS) is 11.3. The van der Waals surface area contributed by atoms with Crippen molar-refractivity contribution < 1.29 is 4.79 Å². The molecule has 0 aliphatic rings. The minimum atomic E-state index is -0.0881. The molecule has 0 fully saturated rings. The van der Waals surface area contributed by atoms with Gasteiger partial charge in [-0.2, -0.15) is 0 Å². The third-order valence-electron chi connectivity index (χ3n) is 3.33. The van der Waals surface area contributed by atoms with Crippen LogP contribution in [0, 0.1) is 0 Å². The molecule has 2 aromatic rings. The van der Waals surface area contributed by atoms with E-state index in [4.69, 9.17) is 0 Å². The maximum absolute atomic E-state index is 12.1. The number of thiazole rings is 1. The lowest BCUT2D eigenvalue weighted by molar-refractivity contribution is 0.0949.